The van der Waals surface area contributed by atoms with Crippen LogP contribution in [-0.2, 0) is 0 Å². The van der Waals surface area contributed by atoms with E-state index in [2.05, 4.69) is 121 Å². The molecule has 7 aromatic carbocycles. The van der Waals surface area contributed by atoms with Gasteiger partial charge in [0.05, 0.1) is 0 Å². The molecule has 0 unspecified atom stereocenters. The van der Waals surface area contributed by atoms with Crippen LogP contribution in [0, 0.1) is 0 Å². The third kappa shape index (κ3) is 2.50. The molecule has 0 nitrogen and oxygen atoms in total. The maximum atomic E-state index is 2.36. The summed E-state index contributed by atoms with van der Waals surface area (Å²) in [5.74, 6) is 0. The summed E-state index contributed by atoms with van der Waals surface area (Å²) in [6.45, 7) is 0. The van der Waals surface area contributed by atoms with Crippen LogP contribution in [0.4, 0.5) is 0 Å². The van der Waals surface area contributed by atoms with Crippen LogP contribution in [0.15, 0.2) is 121 Å². The van der Waals surface area contributed by atoms with E-state index in [1.807, 2.05) is 0 Å². The lowest BCUT2D eigenvalue weighted by Gasteiger charge is -2.15. The van der Waals surface area contributed by atoms with Crippen molar-refractivity contribution in [3.05, 3.63) is 121 Å². The monoisotopic (exact) mass is 404 g/mol. The van der Waals surface area contributed by atoms with Crippen LogP contribution in [0.5, 0.6) is 0 Å². The lowest BCUT2D eigenvalue weighted by Crippen LogP contribution is -1.88. The first kappa shape index (κ1) is 17.5. The molecule has 0 heteroatoms. The average molecular weight is 405 g/mol. The van der Waals surface area contributed by atoms with Gasteiger partial charge in [0.2, 0.25) is 0 Å². The standard InChI is InChI=1S/C32H20/c1-2-7-21(8-3-1)27-17-18-28(30-12-5-4-11-29(27)30)26-19-24-15-13-22-9-6-10-23-14-16-25(20-26)32(24)31(22)23/h1-20H. The summed E-state index contributed by atoms with van der Waals surface area (Å²) in [5.41, 5.74) is 5.09. The van der Waals surface area contributed by atoms with E-state index in [4.69, 9.17) is 0 Å². The highest BCUT2D eigenvalue weighted by molar-refractivity contribution is 6.24. The van der Waals surface area contributed by atoms with Gasteiger partial charge in [-0.25, -0.2) is 0 Å². The molecular formula is C32H20. The van der Waals surface area contributed by atoms with Gasteiger partial charge in [-0.1, -0.05) is 109 Å². The molecular weight excluding hydrogens is 384 g/mol. The highest BCUT2D eigenvalue weighted by Crippen LogP contribution is 2.40. The van der Waals surface area contributed by atoms with Crippen molar-refractivity contribution in [3.63, 3.8) is 0 Å². The molecule has 0 aliphatic heterocycles. The second kappa shape index (κ2) is 6.67. The normalized spacial score (nSPS) is 11.8. The van der Waals surface area contributed by atoms with Gasteiger partial charge in [0.1, 0.15) is 0 Å². The Bertz CT molecular complexity index is 1690. The summed E-state index contributed by atoms with van der Waals surface area (Å²) in [7, 11) is 0. The summed E-state index contributed by atoms with van der Waals surface area (Å²) >= 11 is 0. The smallest absolute Gasteiger partial charge is 0.00264 e. The lowest BCUT2D eigenvalue weighted by molar-refractivity contribution is 1.64. The van der Waals surface area contributed by atoms with E-state index < -0.39 is 0 Å². The first-order valence-electron chi connectivity index (χ1n) is 11.1. The molecule has 0 aliphatic carbocycles. The Kier molecular flexibility index (Phi) is 3.65. The largest absolute Gasteiger partial charge is 0.0622 e. The third-order valence-corrected chi connectivity index (χ3v) is 6.78. The second-order valence-electron chi connectivity index (χ2n) is 8.58. The Morgan fingerprint density at radius 2 is 0.812 bits per heavy atom. The average Bonchev–Trinajstić information content (AvgIpc) is 2.87. The Hall–Kier alpha value is -4.16. The Morgan fingerprint density at radius 1 is 0.312 bits per heavy atom. The molecule has 0 amide bonds. The first-order chi connectivity index (χ1) is 15.9. The molecule has 0 saturated carbocycles. The molecule has 0 atom stereocenters. The van der Waals surface area contributed by atoms with Gasteiger partial charge in [0.25, 0.3) is 0 Å². The van der Waals surface area contributed by atoms with Crippen molar-refractivity contribution in [3.8, 4) is 22.3 Å². The van der Waals surface area contributed by atoms with Crippen LogP contribution in [0.2, 0.25) is 0 Å². The zero-order valence-electron chi connectivity index (χ0n) is 17.5. The highest BCUT2D eigenvalue weighted by atomic mass is 14.2. The summed E-state index contributed by atoms with van der Waals surface area (Å²) < 4.78 is 0. The molecule has 0 fully saturated rings. The van der Waals surface area contributed by atoms with Crippen LogP contribution in [0.3, 0.4) is 0 Å². The van der Waals surface area contributed by atoms with E-state index in [0.29, 0.717) is 0 Å². The molecule has 0 bridgehead atoms. The third-order valence-electron chi connectivity index (χ3n) is 6.78. The number of hydrogen-bond donors (Lipinski definition) is 0. The molecule has 0 radical (unpaired) electrons. The number of rotatable bonds is 2. The summed E-state index contributed by atoms with van der Waals surface area (Å²) in [6.07, 6.45) is 0. The van der Waals surface area contributed by atoms with E-state index in [0.717, 1.165) is 0 Å². The van der Waals surface area contributed by atoms with Gasteiger partial charge >= 0.3 is 0 Å². The summed E-state index contributed by atoms with van der Waals surface area (Å²) in [6, 6.07) is 44.4. The van der Waals surface area contributed by atoms with Crippen LogP contribution >= 0.6 is 0 Å². The van der Waals surface area contributed by atoms with Crippen molar-refractivity contribution in [1.29, 1.82) is 0 Å². The summed E-state index contributed by atoms with van der Waals surface area (Å²) in [4.78, 5) is 0. The van der Waals surface area contributed by atoms with Gasteiger partial charge in [0, 0.05) is 0 Å². The first-order valence-corrected chi connectivity index (χ1v) is 11.1. The molecule has 0 heterocycles. The van der Waals surface area contributed by atoms with Crippen LogP contribution in [0.25, 0.3) is 65.3 Å². The van der Waals surface area contributed by atoms with E-state index in [1.165, 1.54) is 65.3 Å². The van der Waals surface area contributed by atoms with Gasteiger partial charge in [-0.2, -0.15) is 0 Å². The molecule has 7 aromatic rings. The zero-order valence-corrected chi connectivity index (χ0v) is 17.5. The zero-order chi connectivity index (χ0) is 21.1. The lowest BCUT2D eigenvalue weighted by atomic mass is 9.88. The minimum absolute atomic E-state index is 1.26. The van der Waals surface area contributed by atoms with Gasteiger partial charge in [-0.3, -0.25) is 0 Å². The van der Waals surface area contributed by atoms with Crippen molar-refractivity contribution in [2.45, 2.75) is 0 Å². The number of fused-ring (bicyclic) bond motifs is 1. The van der Waals surface area contributed by atoms with Crippen molar-refractivity contribution in [1.82, 2.24) is 0 Å². The van der Waals surface area contributed by atoms with Gasteiger partial charge in [-0.05, 0) is 77.5 Å². The minimum Gasteiger partial charge on any atom is -0.0622 e. The van der Waals surface area contributed by atoms with Crippen molar-refractivity contribution in [2.75, 3.05) is 0 Å². The molecule has 0 spiro atoms. The fraction of sp³-hybridized carbons (Fsp3) is 0. The number of hydrogen-bond acceptors (Lipinski definition) is 0. The molecule has 0 saturated heterocycles. The Morgan fingerprint density at radius 3 is 1.44 bits per heavy atom. The molecule has 0 aromatic heterocycles. The fourth-order valence-electron chi connectivity index (χ4n) is 5.33. The molecule has 0 aliphatic rings. The number of benzene rings is 7. The fourth-order valence-corrected chi connectivity index (χ4v) is 5.33. The SMILES string of the molecule is c1ccc(-c2ccc(-c3cc4ccc5cccc6ccc(c3)c4c56)c3ccccc23)cc1. The second-order valence-corrected chi connectivity index (χ2v) is 8.58. The van der Waals surface area contributed by atoms with E-state index in [9.17, 15) is 0 Å². The van der Waals surface area contributed by atoms with Crippen molar-refractivity contribution < 1.29 is 0 Å². The van der Waals surface area contributed by atoms with Crippen LogP contribution in [-0.4, -0.2) is 0 Å². The van der Waals surface area contributed by atoms with Gasteiger partial charge in [0.15, 0.2) is 0 Å². The summed E-state index contributed by atoms with van der Waals surface area (Å²) in [5, 5.41) is 10.6. The topological polar surface area (TPSA) is 0 Å². The van der Waals surface area contributed by atoms with Crippen LogP contribution < -0.4 is 0 Å². The maximum absolute atomic E-state index is 2.36. The molecule has 32 heavy (non-hydrogen) atoms. The minimum atomic E-state index is 1.26. The highest BCUT2D eigenvalue weighted by Gasteiger charge is 2.13. The molecule has 148 valence electrons. The van der Waals surface area contributed by atoms with E-state index in [-0.39, 0.29) is 0 Å². The Balaban J connectivity index is 1.52. The van der Waals surface area contributed by atoms with Crippen LogP contribution in [0.1, 0.15) is 0 Å². The maximum Gasteiger partial charge on any atom is -0.00264 e. The Labute approximate surface area is 186 Å². The molecule has 0 N–H and O–H groups in total. The predicted octanol–water partition coefficient (Wildman–Crippen LogP) is 9.07. The van der Waals surface area contributed by atoms with E-state index in [1.54, 1.807) is 0 Å². The van der Waals surface area contributed by atoms with Crippen molar-refractivity contribution >= 4 is 43.1 Å². The van der Waals surface area contributed by atoms with E-state index >= 15 is 0 Å². The predicted molar refractivity (Wildman–Crippen MR) is 139 cm³/mol. The molecule has 7 rings (SSSR count). The van der Waals surface area contributed by atoms with Gasteiger partial charge in [-0.15, -0.1) is 0 Å². The van der Waals surface area contributed by atoms with Crippen molar-refractivity contribution in [2.24, 2.45) is 0 Å². The van der Waals surface area contributed by atoms with Gasteiger partial charge < -0.3 is 0 Å². The quantitative estimate of drug-likeness (QED) is 0.252.